The van der Waals surface area contributed by atoms with Crippen LogP contribution in [0.5, 0.6) is 0 Å². The van der Waals surface area contributed by atoms with E-state index >= 15 is 0 Å². The van der Waals surface area contributed by atoms with Gasteiger partial charge in [0.1, 0.15) is 0 Å². The maximum absolute atomic E-state index is 2.47. The second kappa shape index (κ2) is 3.62. The van der Waals surface area contributed by atoms with Crippen molar-refractivity contribution in [1.29, 1.82) is 0 Å². The van der Waals surface area contributed by atoms with Gasteiger partial charge in [0.2, 0.25) is 0 Å². The molecule has 1 fully saturated rings. The Bertz CT molecular complexity index is 313. The van der Waals surface area contributed by atoms with Crippen LogP contribution in [0.15, 0.2) is 23.3 Å². The van der Waals surface area contributed by atoms with Crippen molar-refractivity contribution in [3.8, 4) is 0 Å². The molecule has 2 radical (unpaired) electrons. The van der Waals surface area contributed by atoms with E-state index in [-0.39, 0.29) is 0 Å². The van der Waals surface area contributed by atoms with Gasteiger partial charge in [0, 0.05) is 0 Å². The van der Waals surface area contributed by atoms with Crippen LogP contribution in [-0.2, 0) is 0 Å². The van der Waals surface area contributed by atoms with Gasteiger partial charge < -0.3 is 0 Å². The van der Waals surface area contributed by atoms with E-state index in [9.17, 15) is 0 Å². The van der Waals surface area contributed by atoms with Crippen LogP contribution in [0.25, 0.3) is 0 Å². The number of hydrogen-bond acceptors (Lipinski definition) is 0. The number of rotatable bonds is 1. The molecule has 3 atom stereocenters. The van der Waals surface area contributed by atoms with Crippen molar-refractivity contribution in [3.05, 3.63) is 23.3 Å². The van der Waals surface area contributed by atoms with E-state index in [1.54, 1.807) is 11.1 Å². The zero-order valence-electron chi connectivity index (χ0n) is 10.6. The minimum absolute atomic E-state index is 0.489. The molecule has 0 amide bonds. The van der Waals surface area contributed by atoms with Gasteiger partial charge in [-0.2, -0.15) is 0 Å². The van der Waals surface area contributed by atoms with E-state index in [1.165, 1.54) is 6.42 Å². The lowest BCUT2D eigenvalue weighted by Gasteiger charge is -2.26. The highest BCUT2D eigenvalue weighted by molar-refractivity contribution is 6.44. The molecule has 0 unspecified atom stereocenters. The highest BCUT2D eigenvalue weighted by Gasteiger charge is 2.42. The lowest BCUT2D eigenvalue weighted by molar-refractivity contribution is 0.354. The third kappa shape index (κ3) is 2.12. The first-order valence-electron chi connectivity index (χ1n) is 6.00. The van der Waals surface area contributed by atoms with Gasteiger partial charge in [-0.3, -0.25) is 0 Å². The van der Waals surface area contributed by atoms with Gasteiger partial charge in [0.25, 0.3) is 0 Å². The zero-order valence-corrected chi connectivity index (χ0v) is 11.6. The fraction of sp³-hybridized carbons (Fsp3) is 0.714. The monoisotopic (exact) mass is 218 g/mol. The summed E-state index contributed by atoms with van der Waals surface area (Å²) >= 11 is 0. The molecule has 0 nitrogen and oxygen atoms in total. The van der Waals surface area contributed by atoms with Gasteiger partial charge in [0.05, 0.1) is 9.52 Å². The van der Waals surface area contributed by atoms with Crippen molar-refractivity contribution in [1.82, 2.24) is 0 Å². The quantitative estimate of drug-likeness (QED) is 0.456. The first-order valence-corrected chi connectivity index (χ1v) is 7.15. The number of fused-ring (bicyclic) bond motifs is 2. The molecule has 82 valence electrons. The molecule has 0 aromatic carbocycles. The molecular formula is C14H22Si. The SMILES string of the molecule is CC(C)=C1[C@H]2C=C[C@@H]1[C@@H](CC(C)(C)C)[Si]2. The molecule has 15 heavy (non-hydrogen) atoms. The number of allylic oxidation sites excluding steroid dienone is 4. The van der Waals surface area contributed by atoms with Crippen molar-refractivity contribution in [2.75, 3.05) is 0 Å². The maximum atomic E-state index is 2.47. The summed E-state index contributed by atoms with van der Waals surface area (Å²) in [5.41, 5.74) is 5.56. The maximum Gasteiger partial charge on any atom is 0.0566 e. The zero-order chi connectivity index (χ0) is 11.2. The van der Waals surface area contributed by atoms with Gasteiger partial charge in [-0.1, -0.05) is 44.1 Å². The Balaban J connectivity index is 2.16. The van der Waals surface area contributed by atoms with Gasteiger partial charge in [-0.25, -0.2) is 0 Å². The predicted octanol–water partition coefficient (Wildman–Crippen LogP) is 4.24. The Labute approximate surface area is 96.7 Å². The molecule has 2 aliphatic rings. The topological polar surface area (TPSA) is 0 Å². The average molecular weight is 218 g/mol. The lowest BCUT2D eigenvalue weighted by atomic mass is 9.84. The van der Waals surface area contributed by atoms with E-state index in [0.29, 0.717) is 5.41 Å². The smallest absolute Gasteiger partial charge is 0.0566 e. The highest BCUT2D eigenvalue weighted by Crippen LogP contribution is 2.54. The predicted molar refractivity (Wildman–Crippen MR) is 68.3 cm³/mol. The molecule has 1 aliphatic carbocycles. The van der Waals surface area contributed by atoms with Gasteiger partial charge in [-0.15, -0.1) is 0 Å². The Morgan fingerprint density at radius 1 is 1.27 bits per heavy atom. The van der Waals surface area contributed by atoms with Crippen molar-refractivity contribution >= 4 is 9.52 Å². The fourth-order valence-corrected chi connectivity index (χ4v) is 5.54. The molecule has 2 rings (SSSR count). The van der Waals surface area contributed by atoms with Crippen LogP contribution in [0.2, 0.25) is 11.1 Å². The standard InChI is InChI=1S/C14H22Si/c1-9(2)13-10-6-7-11(13)15-12(10)8-14(3,4)5/h6-7,10-12H,8H2,1-5H3/t10-,11-,12-/m1/s1. The second-order valence-electron chi connectivity index (χ2n) is 6.38. The van der Waals surface area contributed by atoms with Crippen LogP contribution < -0.4 is 0 Å². The Morgan fingerprint density at radius 3 is 2.40 bits per heavy atom. The summed E-state index contributed by atoms with van der Waals surface area (Å²) in [5, 5.41) is 0. The summed E-state index contributed by atoms with van der Waals surface area (Å²) in [4.78, 5) is 0. The van der Waals surface area contributed by atoms with Crippen LogP contribution in [0, 0.1) is 11.3 Å². The van der Waals surface area contributed by atoms with Crippen LogP contribution >= 0.6 is 0 Å². The van der Waals surface area contributed by atoms with Crippen molar-refractivity contribution in [2.24, 2.45) is 11.3 Å². The normalized spacial score (nSPS) is 33.9. The minimum atomic E-state index is 0.489. The minimum Gasteiger partial charge on any atom is -0.0840 e. The van der Waals surface area contributed by atoms with E-state index in [4.69, 9.17) is 0 Å². The Hall–Kier alpha value is -0.303. The molecule has 0 aromatic heterocycles. The molecule has 0 N–H and O–H groups in total. The third-order valence-electron chi connectivity index (χ3n) is 3.44. The summed E-state index contributed by atoms with van der Waals surface area (Å²) in [5.74, 6) is 0.789. The molecule has 1 aliphatic heterocycles. The molecule has 0 saturated carbocycles. The van der Waals surface area contributed by atoms with Crippen LogP contribution in [0.3, 0.4) is 0 Å². The van der Waals surface area contributed by atoms with Crippen molar-refractivity contribution in [2.45, 2.75) is 52.1 Å². The van der Waals surface area contributed by atoms with Crippen molar-refractivity contribution in [3.63, 3.8) is 0 Å². The summed E-state index contributed by atoms with van der Waals surface area (Å²) in [6.45, 7) is 11.7. The third-order valence-corrected chi connectivity index (χ3v) is 5.30. The van der Waals surface area contributed by atoms with Gasteiger partial charge in [-0.05, 0) is 42.7 Å². The Morgan fingerprint density at radius 2 is 1.93 bits per heavy atom. The highest BCUT2D eigenvalue weighted by atomic mass is 28.2. The summed E-state index contributed by atoms with van der Waals surface area (Å²) in [6.07, 6.45) is 6.30. The first kappa shape index (κ1) is 11.2. The number of hydrogen-bond donors (Lipinski definition) is 0. The van der Waals surface area contributed by atoms with Crippen LogP contribution in [0.1, 0.15) is 41.0 Å². The van der Waals surface area contributed by atoms with Gasteiger partial charge in [0.15, 0.2) is 0 Å². The summed E-state index contributed by atoms with van der Waals surface area (Å²) in [6, 6.07) is 0. The van der Waals surface area contributed by atoms with E-state index in [2.05, 4.69) is 46.8 Å². The van der Waals surface area contributed by atoms with E-state index in [1.807, 2.05) is 0 Å². The second-order valence-corrected chi connectivity index (χ2v) is 8.08. The molecule has 0 spiro atoms. The largest absolute Gasteiger partial charge is 0.0840 e. The summed E-state index contributed by atoms with van der Waals surface area (Å²) < 4.78 is 0. The van der Waals surface area contributed by atoms with Gasteiger partial charge >= 0.3 is 0 Å². The lowest BCUT2D eigenvalue weighted by Crippen LogP contribution is -2.16. The molecule has 1 saturated heterocycles. The van der Waals surface area contributed by atoms with Crippen LogP contribution in [-0.4, -0.2) is 9.52 Å². The molecule has 1 heteroatoms. The molecule has 1 heterocycles. The van der Waals surface area contributed by atoms with E-state index < -0.39 is 0 Å². The first-order chi connectivity index (χ1) is 6.88. The fourth-order valence-electron chi connectivity index (χ4n) is 2.97. The average Bonchev–Trinajstić information content (AvgIpc) is 2.56. The molecular weight excluding hydrogens is 196 g/mol. The Kier molecular flexibility index (Phi) is 2.70. The van der Waals surface area contributed by atoms with E-state index in [0.717, 1.165) is 26.5 Å². The molecule has 0 aromatic rings. The summed E-state index contributed by atoms with van der Waals surface area (Å²) in [7, 11) is 1.14. The molecule has 2 bridgehead atoms. The van der Waals surface area contributed by atoms with Crippen LogP contribution in [0.4, 0.5) is 0 Å². The van der Waals surface area contributed by atoms with Crippen molar-refractivity contribution < 1.29 is 0 Å².